The Bertz CT molecular complexity index is 349. The lowest BCUT2D eigenvalue weighted by Crippen LogP contribution is -2.18. The first-order valence-corrected chi connectivity index (χ1v) is 5.25. The van der Waals surface area contributed by atoms with Gasteiger partial charge >= 0.3 is 5.97 Å². The van der Waals surface area contributed by atoms with Gasteiger partial charge in [0.05, 0.1) is 12.8 Å². The number of aromatic nitrogens is 2. The van der Waals surface area contributed by atoms with Crippen molar-refractivity contribution in [1.82, 2.24) is 9.78 Å². The van der Waals surface area contributed by atoms with Gasteiger partial charge < -0.3 is 4.74 Å². The molecule has 1 aromatic heterocycles. The number of nitrogens with zero attached hydrogens (tertiary/aromatic N) is 2. The Morgan fingerprint density at radius 3 is 2.93 bits per heavy atom. The van der Waals surface area contributed by atoms with Crippen LogP contribution in [0, 0.1) is 0 Å². The van der Waals surface area contributed by atoms with Gasteiger partial charge in [-0.15, -0.1) is 11.6 Å². The molecule has 1 heterocycles. The molecule has 0 amide bonds. The second-order valence-electron chi connectivity index (χ2n) is 3.32. The maximum absolute atomic E-state index is 11.1. The van der Waals surface area contributed by atoms with Crippen LogP contribution < -0.4 is 0 Å². The van der Waals surface area contributed by atoms with E-state index in [0.717, 1.165) is 17.7 Å². The number of carbonyl (C=O) groups excluding carboxylic acids is 1. The molecule has 84 valence electrons. The lowest BCUT2D eigenvalue weighted by atomic mass is 10.1. The molecule has 0 aliphatic rings. The van der Waals surface area contributed by atoms with Gasteiger partial charge in [0.2, 0.25) is 0 Å². The molecule has 1 atom stereocenters. The number of ether oxygens (including phenoxy) is 1. The highest BCUT2D eigenvalue weighted by Crippen LogP contribution is 2.13. The number of alkyl halides is 1. The molecule has 4 nitrogen and oxygen atoms in total. The molecule has 0 saturated carbocycles. The van der Waals surface area contributed by atoms with Gasteiger partial charge in [-0.3, -0.25) is 9.48 Å². The number of aryl methyl sites for hydroxylation is 2. The van der Waals surface area contributed by atoms with Crippen molar-refractivity contribution >= 4 is 17.6 Å². The van der Waals surface area contributed by atoms with Crippen LogP contribution in [-0.4, -0.2) is 28.2 Å². The number of methoxy groups -OCH3 is 1. The molecule has 0 saturated heterocycles. The predicted octanol–water partition coefficient (Wildman–Crippen LogP) is 1.31. The van der Waals surface area contributed by atoms with Crippen LogP contribution in [0.3, 0.4) is 0 Å². The minimum atomic E-state index is -0.635. The second-order valence-corrected chi connectivity index (χ2v) is 3.85. The van der Waals surface area contributed by atoms with E-state index < -0.39 is 11.3 Å². The van der Waals surface area contributed by atoms with Gasteiger partial charge in [0.25, 0.3) is 0 Å². The van der Waals surface area contributed by atoms with E-state index in [1.807, 2.05) is 20.2 Å². The Morgan fingerprint density at radius 1 is 1.73 bits per heavy atom. The minimum absolute atomic E-state index is 0.400. The normalized spacial score (nSPS) is 12.5. The summed E-state index contributed by atoms with van der Waals surface area (Å²) in [5, 5.41) is 3.64. The average Bonchev–Trinajstić information content (AvgIpc) is 2.57. The van der Waals surface area contributed by atoms with Crippen molar-refractivity contribution < 1.29 is 9.53 Å². The monoisotopic (exact) mass is 230 g/mol. The molecule has 1 aromatic rings. The lowest BCUT2D eigenvalue weighted by Gasteiger charge is -2.06. The van der Waals surface area contributed by atoms with E-state index in [9.17, 15) is 4.79 Å². The quantitative estimate of drug-likeness (QED) is 0.579. The van der Waals surface area contributed by atoms with Crippen LogP contribution in [-0.2, 0) is 29.4 Å². The molecule has 1 unspecified atom stereocenters. The minimum Gasteiger partial charge on any atom is -0.468 e. The number of rotatable bonds is 4. The van der Waals surface area contributed by atoms with Gasteiger partial charge in [-0.2, -0.15) is 5.10 Å². The van der Waals surface area contributed by atoms with Crippen LogP contribution in [0.1, 0.15) is 18.2 Å². The zero-order chi connectivity index (χ0) is 11.4. The van der Waals surface area contributed by atoms with E-state index in [1.54, 1.807) is 4.68 Å². The molecule has 0 aromatic carbocycles. The van der Waals surface area contributed by atoms with Crippen molar-refractivity contribution in [2.45, 2.75) is 25.1 Å². The van der Waals surface area contributed by atoms with Gasteiger partial charge in [0.1, 0.15) is 5.38 Å². The van der Waals surface area contributed by atoms with Crippen molar-refractivity contribution in [2.24, 2.45) is 7.05 Å². The Morgan fingerprint density at radius 2 is 2.40 bits per heavy atom. The largest absolute Gasteiger partial charge is 0.468 e. The van der Waals surface area contributed by atoms with Crippen molar-refractivity contribution in [3.8, 4) is 0 Å². The SMILES string of the molecule is CCc1nn(C)cc1CC(Cl)C(=O)OC. The molecule has 0 radical (unpaired) electrons. The van der Waals surface area contributed by atoms with Crippen LogP contribution in [0.4, 0.5) is 0 Å². The fraction of sp³-hybridized carbons (Fsp3) is 0.600. The summed E-state index contributed by atoms with van der Waals surface area (Å²) in [6, 6.07) is 0. The second kappa shape index (κ2) is 5.16. The zero-order valence-corrected chi connectivity index (χ0v) is 9.91. The fourth-order valence-corrected chi connectivity index (χ4v) is 1.71. The van der Waals surface area contributed by atoms with Crippen LogP contribution in [0.2, 0.25) is 0 Å². The standard InChI is InChI=1S/C10H15ClN2O2/c1-4-9-7(6-13(2)12-9)5-8(11)10(14)15-3/h6,8H,4-5H2,1-3H3. The smallest absolute Gasteiger partial charge is 0.324 e. The molecular formula is C10H15ClN2O2. The van der Waals surface area contributed by atoms with E-state index in [0.29, 0.717) is 6.42 Å². The lowest BCUT2D eigenvalue weighted by molar-refractivity contribution is -0.140. The number of hydrogen-bond acceptors (Lipinski definition) is 3. The highest BCUT2D eigenvalue weighted by atomic mass is 35.5. The average molecular weight is 231 g/mol. The first-order valence-electron chi connectivity index (χ1n) is 4.81. The summed E-state index contributed by atoms with van der Waals surface area (Å²) >= 11 is 5.89. The van der Waals surface area contributed by atoms with E-state index in [2.05, 4.69) is 9.84 Å². The third-order valence-electron chi connectivity index (χ3n) is 2.18. The third-order valence-corrected chi connectivity index (χ3v) is 2.52. The number of carbonyl (C=O) groups is 1. The molecule has 15 heavy (non-hydrogen) atoms. The fourth-order valence-electron chi connectivity index (χ4n) is 1.46. The summed E-state index contributed by atoms with van der Waals surface area (Å²) < 4.78 is 6.30. The predicted molar refractivity (Wildman–Crippen MR) is 57.9 cm³/mol. The summed E-state index contributed by atoms with van der Waals surface area (Å²) in [4.78, 5) is 11.1. The van der Waals surface area contributed by atoms with Gasteiger partial charge in [0, 0.05) is 19.7 Å². The van der Waals surface area contributed by atoms with Crippen molar-refractivity contribution in [1.29, 1.82) is 0 Å². The maximum atomic E-state index is 11.1. The van der Waals surface area contributed by atoms with Gasteiger partial charge in [-0.05, 0) is 12.0 Å². The Labute approximate surface area is 94.2 Å². The van der Waals surface area contributed by atoms with Gasteiger partial charge in [-0.1, -0.05) is 6.92 Å². The molecular weight excluding hydrogens is 216 g/mol. The zero-order valence-electron chi connectivity index (χ0n) is 9.16. The van der Waals surface area contributed by atoms with E-state index in [1.165, 1.54) is 7.11 Å². The summed E-state index contributed by atoms with van der Waals surface area (Å²) in [7, 11) is 3.19. The molecule has 0 bridgehead atoms. The van der Waals surface area contributed by atoms with Crippen molar-refractivity contribution in [3.63, 3.8) is 0 Å². The molecule has 0 spiro atoms. The molecule has 0 aliphatic heterocycles. The molecule has 5 heteroatoms. The highest BCUT2D eigenvalue weighted by Gasteiger charge is 2.19. The summed E-state index contributed by atoms with van der Waals surface area (Å²) in [6.07, 6.45) is 3.18. The van der Waals surface area contributed by atoms with E-state index >= 15 is 0 Å². The molecule has 0 N–H and O–H groups in total. The van der Waals surface area contributed by atoms with Crippen LogP contribution in [0.25, 0.3) is 0 Å². The highest BCUT2D eigenvalue weighted by molar-refractivity contribution is 6.30. The molecule has 0 fully saturated rings. The van der Waals surface area contributed by atoms with Gasteiger partial charge in [-0.25, -0.2) is 0 Å². The van der Waals surface area contributed by atoms with Crippen molar-refractivity contribution in [2.75, 3.05) is 7.11 Å². The van der Waals surface area contributed by atoms with E-state index in [-0.39, 0.29) is 0 Å². The summed E-state index contributed by atoms with van der Waals surface area (Å²) in [5.41, 5.74) is 1.98. The number of halogens is 1. The van der Waals surface area contributed by atoms with Crippen LogP contribution in [0.15, 0.2) is 6.20 Å². The molecule has 1 rings (SSSR count). The Kier molecular flexibility index (Phi) is 4.15. The van der Waals surface area contributed by atoms with Gasteiger partial charge in [0.15, 0.2) is 0 Å². The summed E-state index contributed by atoms with van der Waals surface area (Å²) in [5.74, 6) is -0.400. The topological polar surface area (TPSA) is 44.1 Å². The van der Waals surface area contributed by atoms with E-state index in [4.69, 9.17) is 11.6 Å². The summed E-state index contributed by atoms with van der Waals surface area (Å²) in [6.45, 7) is 2.02. The molecule has 0 aliphatic carbocycles. The number of hydrogen-bond donors (Lipinski definition) is 0. The maximum Gasteiger partial charge on any atom is 0.324 e. The Hall–Kier alpha value is -1.03. The third kappa shape index (κ3) is 2.96. The van der Waals surface area contributed by atoms with Crippen LogP contribution in [0.5, 0.6) is 0 Å². The first-order chi connectivity index (χ1) is 7.08. The van der Waals surface area contributed by atoms with Crippen molar-refractivity contribution in [3.05, 3.63) is 17.5 Å². The Balaban J connectivity index is 2.75. The van der Waals surface area contributed by atoms with Crippen LogP contribution >= 0.6 is 11.6 Å². The first kappa shape index (κ1) is 12.0. The number of esters is 1.